The highest BCUT2D eigenvalue weighted by molar-refractivity contribution is 7.89. The van der Waals surface area contributed by atoms with Crippen molar-refractivity contribution in [3.05, 3.63) is 42.5 Å². The van der Waals surface area contributed by atoms with E-state index in [4.69, 9.17) is 14.2 Å². The molecule has 9 heteroatoms. The molecule has 2 aliphatic rings. The minimum Gasteiger partial charge on any atom is -0.489 e. The molecule has 0 spiro atoms. The Kier molecular flexibility index (Phi) is 6.57. The quantitative estimate of drug-likeness (QED) is 0.710. The minimum absolute atomic E-state index is 0.0506. The number of fused-ring (bicyclic) bond motifs is 1. The van der Waals surface area contributed by atoms with Gasteiger partial charge in [0.05, 0.1) is 16.7 Å². The maximum atomic E-state index is 13.1. The van der Waals surface area contributed by atoms with Gasteiger partial charge < -0.3 is 19.5 Å². The predicted molar refractivity (Wildman–Crippen MR) is 120 cm³/mol. The number of piperidine rings is 1. The summed E-state index contributed by atoms with van der Waals surface area (Å²) in [6.45, 7) is 4.77. The van der Waals surface area contributed by atoms with Crippen LogP contribution in [0.15, 0.2) is 47.4 Å². The van der Waals surface area contributed by atoms with Crippen molar-refractivity contribution in [2.75, 3.05) is 25.0 Å². The van der Waals surface area contributed by atoms with Gasteiger partial charge in [-0.1, -0.05) is 18.6 Å². The lowest BCUT2D eigenvalue weighted by atomic mass is 10.2. The lowest BCUT2D eigenvalue weighted by Crippen LogP contribution is -2.40. The standard InChI is InChI=1S/C23H28N2O6S/c1-16(2)30-19-11-10-17(32(27,28)25-12-6-3-7-13-25)14-18(19)24-23(26)22-15-29-20-8-4-5-9-21(20)31-22/h4-5,8-11,14,16,22H,3,6-7,12-13,15H2,1-2H3,(H,24,26). The monoisotopic (exact) mass is 460 g/mol. The second kappa shape index (κ2) is 9.38. The normalized spacial score (nSPS) is 18.9. The van der Waals surface area contributed by atoms with Gasteiger partial charge in [-0.3, -0.25) is 4.79 Å². The number of ether oxygens (including phenoxy) is 3. The number of benzene rings is 2. The van der Waals surface area contributed by atoms with Crippen molar-refractivity contribution in [2.24, 2.45) is 0 Å². The van der Waals surface area contributed by atoms with Crippen molar-refractivity contribution >= 4 is 21.6 Å². The van der Waals surface area contributed by atoms with Crippen LogP contribution in [0.25, 0.3) is 0 Å². The summed E-state index contributed by atoms with van der Waals surface area (Å²) in [6, 6.07) is 11.7. The van der Waals surface area contributed by atoms with Gasteiger partial charge in [-0.15, -0.1) is 0 Å². The van der Waals surface area contributed by atoms with Crippen molar-refractivity contribution in [1.82, 2.24) is 4.31 Å². The average Bonchev–Trinajstić information content (AvgIpc) is 2.80. The SMILES string of the molecule is CC(C)Oc1ccc(S(=O)(=O)N2CCCCC2)cc1NC(=O)C1COc2ccccc2O1. The van der Waals surface area contributed by atoms with E-state index in [2.05, 4.69) is 5.32 Å². The van der Waals surface area contributed by atoms with E-state index in [0.29, 0.717) is 30.3 Å². The van der Waals surface area contributed by atoms with Crippen LogP contribution in [0.1, 0.15) is 33.1 Å². The van der Waals surface area contributed by atoms with Gasteiger partial charge >= 0.3 is 0 Å². The smallest absolute Gasteiger partial charge is 0.269 e. The molecule has 0 aromatic heterocycles. The van der Waals surface area contributed by atoms with Crippen LogP contribution in [-0.2, 0) is 14.8 Å². The summed E-state index contributed by atoms with van der Waals surface area (Å²) in [6.07, 6.45) is 1.69. The molecule has 0 saturated carbocycles. The highest BCUT2D eigenvalue weighted by Gasteiger charge is 2.30. The number of anilines is 1. The van der Waals surface area contributed by atoms with Crippen molar-refractivity contribution in [3.8, 4) is 17.2 Å². The molecule has 1 unspecified atom stereocenters. The van der Waals surface area contributed by atoms with Crippen LogP contribution < -0.4 is 19.5 Å². The van der Waals surface area contributed by atoms with Crippen LogP contribution >= 0.6 is 0 Å². The summed E-state index contributed by atoms with van der Waals surface area (Å²) in [7, 11) is -3.66. The molecule has 2 aromatic rings. The molecule has 0 aliphatic carbocycles. The van der Waals surface area contributed by atoms with Crippen LogP contribution in [0, 0.1) is 0 Å². The van der Waals surface area contributed by atoms with Gasteiger partial charge in [0.2, 0.25) is 16.1 Å². The number of nitrogens with zero attached hydrogens (tertiary/aromatic N) is 1. The number of carbonyl (C=O) groups excluding carboxylic acids is 1. The lowest BCUT2D eigenvalue weighted by Gasteiger charge is -2.27. The van der Waals surface area contributed by atoms with E-state index in [9.17, 15) is 13.2 Å². The molecule has 172 valence electrons. The van der Waals surface area contributed by atoms with E-state index < -0.39 is 22.0 Å². The van der Waals surface area contributed by atoms with Crippen molar-refractivity contribution in [2.45, 2.75) is 50.2 Å². The lowest BCUT2D eigenvalue weighted by molar-refractivity contribution is -0.125. The number of nitrogens with one attached hydrogen (secondary N) is 1. The predicted octanol–water partition coefficient (Wildman–Crippen LogP) is 3.43. The zero-order chi connectivity index (χ0) is 22.7. The van der Waals surface area contributed by atoms with Gasteiger partial charge in [0.15, 0.2) is 11.5 Å². The number of sulfonamides is 1. The van der Waals surface area contributed by atoms with Crippen molar-refractivity contribution < 1.29 is 27.4 Å². The summed E-state index contributed by atoms with van der Waals surface area (Å²) >= 11 is 0. The van der Waals surface area contributed by atoms with E-state index in [1.165, 1.54) is 16.4 Å². The van der Waals surface area contributed by atoms with E-state index in [1.807, 2.05) is 19.9 Å². The largest absolute Gasteiger partial charge is 0.489 e. The summed E-state index contributed by atoms with van der Waals surface area (Å²) in [5.41, 5.74) is 0.282. The molecule has 1 fully saturated rings. The molecular formula is C23H28N2O6S. The molecule has 2 heterocycles. The maximum absolute atomic E-state index is 13.1. The summed E-state index contributed by atoms with van der Waals surface area (Å²) in [5, 5.41) is 2.78. The molecule has 2 aromatic carbocycles. The van der Waals surface area contributed by atoms with Gasteiger partial charge in [0.25, 0.3) is 5.91 Å². The first-order valence-electron chi connectivity index (χ1n) is 10.8. The van der Waals surface area contributed by atoms with Gasteiger partial charge in [0, 0.05) is 13.1 Å². The van der Waals surface area contributed by atoms with Gasteiger partial charge in [-0.25, -0.2) is 8.42 Å². The zero-order valence-corrected chi connectivity index (χ0v) is 19.1. The molecule has 8 nitrogen and oxygen atoms in total. The first-order chi connectivity index (χ1) is 15.3. The third-order valence-corrected chi connectivity index (χ3v) is 7.22. The average molecular weight is 461 g/mol. The molecule has 0 bridgehead atoms. The Morgan fingerprint density at radius 3 is 2.53 bits per heavy atom. The van der Waals surface area contributed by atoms with Gasteiger partial charge in [-0.2, -0.15) is 4.31 Å². The van der Waals surface area contributed by atoms with Crippen molar-refractivity contribution in [1.29, 1.82) is 0 Å². The number of carbonyl (C=O) groups is 1. The van der Waals surface area contributed by atoms with E-state index in [-0.39, 0.29) is 23.3 Å². The Hall–Kier alpha value is -2.78. The van der Waals surface area contributed by atoms with Crippen molar-refractivity contribution in [3.63, 3.8) is 0 Å². The summed E-state index contributed by atoms with van der Waals surface area (Å²) in [4.78, 5) is 13.1. The number of hydrogen-bond acceptors (Lipinski definition) is 6. The third-order valence-electron chi connectivity index (χ3n) is 5.33. The molecule has 0 radical (unpaired) electrons. The number of hydrogen-bond donors (Lipinski definition) is 1. The number of para-hydroxylation sites is 2. The molecule has 4 rings (SSSR count). The maximum Gasteiger partial charge on any atom is 0.269 e. The first kappa shape index (κ1) is 22.4. The van der Waals surface area contributed by atoms with Crippen LogP contribution in [-0.4, -0.2) is 50.5 Å². The fourth-order valence-electron chi connectivity index (χ4n) is 3.74. The molecular weight excluding hydrogens is 432 g/mol. The van der Waals surface area contributed by atoms with E-state index >= 15 is 0 Å². The molecule has 32 heavy (non-hydrogen) atoms. The Morgan fingerprint density at radius 1 is 1.09 bits per heavy atom. The Bertz CT molecular complexity index is 1080. The molecule has 1 amide bonds. The minimum atomic E-state index is -3.66. The summed E-state index contributed by atoms with van der Waals surface area (Å²) < 4.78 is 45.0. The van der Waals surface area contributed by atoms with Gasteiger partial charge in [-0.05, 0) is 57.0 Å². The third kappa shape index (κ3) is 4.83. The second-order valence-corrected chi connectivity index (χ2v) is 10.1. The van der Waals surface area contributed by atoms with Gasteiger partial charge in [0.1, 0.15) is 12.4 Å². The first-order valence-corrected chi connectivity index (χ1v) is 12.3. The second-order valence-electron chi connectivity index (χ2n) is 8.14. The number of rotatable bonds is 6. The number of amides is 1. The van der Waals surface area contributed by atoms with Crippen LogP contribution in [0.2, 0.25) is 0 Å². The van der Waals surface area contributed by atoms with Crippen LogP contribution in [0.5, 0.6) is 17.2 Å². The van der Waals surface area contributed by atoms with Crippen LogP contribution in [0.4, 0.5) is 5.69 Å². The summed E-state index contributed by atoms with van der Waals surface area (Å²) in [5.74, 6) is 1.01. The highest BCUT2D eigenvalue weighted by atomic mass is 32.2. The fourth-order valence-corrected chi connectivity index (χ4v) is 5.28. The topological polar surface area (TPSA) is 94.2 Å². The molecule has 1 N–H and O–H groups in total. The van der Waals surface area contributed by atoms with E-state index in [1.54, 1.807) is 24.3 Å². The van der Waals surface area contributed by atoms with E-state index in [0.717, 1.165) is 19.3 Å². The Labute approximate surface area is 188 Å². The Morgan fingerprint density at radius 2 is 1.81 bits per heavy atom. The Balaban J connectivity index is 1.58. The molecule has 2 aliphatic heterocycles. The highest BCUT2D eigenvalue weighted by Crippen LogP contribution is 2.33. The molecule has 1 atom stereocenters. The van der Waals surface area contributed by atoms with Crippen LogP contribution in [0.3, 0.4) is 0 Å². The fraction of sp³-hybridized carbons (Fsp3) is 0.435. The molecule has 1 saturated heterocycles. The zero-order valence-electron chi connectivity index (χ0n) is 18.2.